The lowest BCUT2D eigenvalue weighted by atomic mass is 10.2. The van der Waals surface area contributed by atoms with Gasteiger partial charge in [-0.15, -0.1) is 20.4 Å². The Hall–Kier alpha value is -1.51. The van der Waals surface area contributed by atoms with E-state index in [2.05, 4.69) is 44.3 Å². The molecule has 0 bridgehead atoms. The number of sulfonamides is 1. The van der Waals surface area contributed by atoms with E-state index >= 15 is 0 Å². The van der Waals surface area contributed by atoms with Gasteiger partial charge in [0.05, 0.1) is 10.6 Å². The van der Waals surface area contributed by atoms with Crippen LogP contribution in [0.2, 0.25) is 10.0 Å². The molecule has 0 fully saturated rings. The number of nitrogens with one attached hydrogen (secondary N) is 2. The highest BCUT2D eigenvalue weighted by Crippen LogP contribution is 2.29. The third-order valence-electron chi connectivity index (χ3n) is 3.20. The van der Waals surface area contributed by atoms with Crippen LogP contribution in [0, 0.1) is 5.92 Å². The van der Waals surface area contributed by atoms with Crippen LogP contribution in [0.25, 0.3) is 0 Å². The van der Waals surface area contributed by atoms with Gasteiger partial charge in [-0.25, -0.2) is 0 Å². The number of rotatable bonds is 8. The first-order chi connectivity index (χ1) is 14.1. The number of nitrogens with zero attached hydrogens (tertiary/aromatic N) is 4. The quantitative estimate of drug-likeness (QED) is 0.325. The molecule has 0 saturated carbocycles. The maximum absolute atomic E-state index is 12.5. The summed E-state index contributed by atoms with van der Waals surface area (Å²) in [5.41, 5.74) is 0.166. The molecule has 2 aromatic heterocycles. The molecule has 0 spiro atoms. The molecule has 0 aliphatic rings. The molecule has 2 N–H and O–H groups in total. The zero-order valence-electron chi connectivity index (χ0n) is 15.4. The van der Waals surface area contributed by atoms with Gasteiger partial charge >= 0.3 is 0 Å². The first-order valence-corrected chi connectivity index (χ1v) is 13.1. The summed E-state index contributed by atoms with van der Waals surface area (Å²) in [5, 5.41) is 18.2. The van der Waals surface area contributed by atoms with Crippen molar-refractivity contribution in [2.24, 2.45) is 5.92 Å². The molecule has 160 valence electrons. The molecule has 1 amide bonds. The Morgan fingerprint density at radius 1 is 1.13 bits per heavy atom. The number of amides is 1. The van der Waals surface area contributed by atoms with Gasteiger partial charge in [-0.1, -0.05) is 71.5 Å². The molecule has 1 aromatic carbocycles. The van der Waals surface area contributed by atoms with E-state index in [1.807, 2.05) is 0 Å². The van der Waals surface area contributed by atoms with Crippen molar-refractivity contribution in [3.63, 3.8) is 0 Å². The summed E-state index contributed by atoms with van der Waals surface area (Å²) in [4.78, 5) is 12.3. The summed E-state index contributed by atoms with van der Waals surface area (Å²) < 4.78 is 27.7. The first-order valence-electron chi connectivity index (χ1n) is 8.23. The highest BCUT2D eigenvalue weighted by Gasteiger charge is 2.23. The summed E-state index contributed by atoms with van der Waals surface area (Å²) in [5.74, 6) is 0.746. The predicted octanol–water partition coefficient (Wildman–Crippen LogP) is 4.50. The molecule has 0 saturated heterocycles. The van der Waals surface area contributed by atoms with Crippen LogP contribution in [0.1, 0.15) is 24.2 Å². The summed E-state index contributed by atoms with van der Waals surface area (Å²) in [6.45, 7) is 4.15. The van der Waals surface area contributed by atoms with Gasteiger partial charge < -0.3 is 0 Å². The number of anilines is 2. The van der Waals surface area contributed by atoms with E-state index in [-0.39, 0.29) is 25.2 Å². The zero-order chi connectivity index (χ0) is 21.9. The van der Waals surface area contributed by atoms with Crippen LogP contribution in [-0.4, -0.2) is 40.5 Å². The molecule has 9 nitrogen and oxygen atoms in total. The van der Waals surface area contributed by atoms with Crippen molar-refractivity contribution >= 4 is 83.8 Å². The Morgan fingerprint density at radius 3 is 2.57 bits per heavy atom. The molecule has 15 heteroatoms. The third kappa shape index (κ3) is 6.02. The molecule has 3 aromatic rings. The summed E-state index contributed by atoms with van der Waals surface area (Å²) >= 11 is 15.1. The first kappa shape index (κ1) is 23.2. The maximum Gasteiger partial charge on any atom is 0.293 e. The number of benzene rings is 1. The minimum atomic E-state index is -4.03. The van der Waals surface area contributed by atoms with Gasteiger partial charge in [0.15, 0.2) is 4.34 Å². The van der Waals surface area contributed by atoms with Crippen LogP contribution in [0.3, 0.4) is 0 Å². The van der Waals surface area contributed by atoms with E-state index in [4.69, 9.17) is 23.2 Å². The van der Waals surface area contributed by atoms with Gasteiger partial charge in [0.25, 0.3) is 20.3 Å². The molecule has 0 aliphatic carbocycles. The second-order valence-corrected chi connectivity index (χ2v) is 12.1. The largest absolute Gasteiger partial charge is 0.296 e. The molecule has 0 aliphatic heterocycles. The minimum Gasteiger partial charge on any atom is -0.296 e. The predicted molar refractivity (Wildman–Crippen MR) is 121 cm³/mol. The van der Waals surface area contributed by atoms with Gasteiger partial charge in [0.2, 0.25) is 10.3 Å². The lowest BCUT2D eigenvalue weighted by molar-refractivity contribution is 0.102. The second-order valence-electron chi connectivity index (χ2n) is 6.13. The normalized spacial score (nSPS) is 11.6. The van der Waals surface area contributed by atoms with E-state index < -0.39 is 15.9 Å². The van der Waals surface area contributed by atoms with Gasteiger partial charge in [0.1, 0.15) is 0 Å². The smallest absolute Gasteiger partial charge is 0.293 e. The lowest BCUT2D eigenvalue weighted by Crippen LogP contribution is -2.12. The number of carbonyl (C=O) groups excluding carboxylic acids is 1. The van der Waals surface area contributed by atoms with Crippen molar-refractivity contribution in [1.82, 2.24) is 20.4 Å². The average Bonchev–Trinajstić information content (AvgIpc) is 3.29. The molecular formula is C15H14Cl2N6O3S4. The van der Waals surface area contributed by atoms with Crippen LogP contribution in [0.15, 0.2) is 26.9 Å². The van der Waals surface area contributed by atoms with Crippen molar-refractivity contribution in [2.75, 3.05) is 15.8 Å². The minimum absolute atomic E-state index is 0.00293. The Kier molecular flexibility index (Phi) is 7.52. The van der Waals surface area contributed by atoms with Gasteiger partial charge in [-0.2, -0.15) is 8.42 Å². The van der Waals surface area contributed by atoms with Crippen LogP contribution in [0.4, 0.5) is 10.3 Å². The van der Waals surface area contributed by atoms with Crippen LogP contribution >= 0.6 is 57.6 Å². The molecular weight excluding hydrogens is 511 g/mol. The van der Waals surface area contributed by atoms with E-state index in [1.165, 1.54) is 30.0 Å². The number of halogens is 2. The SMILES string of the molecule is CC(C)CSc1nnc(NS(=O)(=O)c2nnc(NC(=O)c3ccc(Cl)cc3Cl)s2)s1. The summed E-state index contributed by atoms with van der Waals surface area (Å²) in [7, 11) is -4.03. The number of carbonyl (C=O) groups is 1. The Morgan fingerprint density at radius 2 is 1.87 bits per heavy atom. The molecule has 2 heterocycles. The van der Waals surface area contributed by atoms with Crippen LogP contribution < -0.4 is 10.0 Å². The Balaban J connectivity index is 1.68. The average molecular weight is 525 g/mol. The maximum atomic E-state index is 12.5. The third-order valence-corrected chi connectivity index (χ3v) is 8.82. The van der Waals surface area contributed by atoms with E-state index in [9.17, 15) is 13.2 Å². The second kappa shape index (κ2) is 9.75. The van der Waals surface area contributed by atoms with Gasteiger partial charge in [-0.05, 0) is 24.1 Å². The van der Waals surface area contributed by atoms with Crippen molar-refractivity contribution in [1.29, 1.82) is 0 Å². The zero-order valence-corrected chi connectivity index (χ0v) is 20.2. The van der Waals surface area contributed by atoms with Gasteiger partial charge in [-0.3, -0.25) is 14.8 Å². The number of aromatic nitrogens is 4. The van der Waals surface area contributed by atoms with Crippen molar-refractivity contribution in [2.45, 2.75) is 22.5 Å². The molecule has 3 rings (SSSR count). The van der Waals surface area contributed by atoms with Gasteiger partial charge in [0, 0.05) is 10.8 Å². The standard InChI is InChI=1S/C15H14Cl2N6O3S4/c1-7(2)6-27-14-21-20-13(28-14)23-30(25,26)15-22-19-12(29-15)18-11(24)9-4-3-8(16)5-10(9)17/h3-5,7H,6H2,1-2H3,(H,20,23)(H,18,19,24). The van der Waals surface area contributed by atoms with Crippen molar-refractivity contribution in [3.05, 3.63) is 33.8 Å². The number of thioether (sulfide) groups is 1. The fraction of sp³-hybridized carbons (Fsp3) is 0.267. The molecule has 30 heavy (non-hydrogen) atoms. The number of hydrogen-bond acceptors (Lipinski definition) is 10. The Bertz CT molecular complexity index is 1160. The lowest BCUT2D eigenvalue weighted by Gasteiger charge is -2.03. The van der Waals surface area contributed by atoms with Crippen LogP contribution in [-0.2, 0) is 10.0 Å². The molecule has 0 radical (unpaired) electrons. The topological polar surface area (TPSA) is 127 Å². The fourth-order valence-corrected chi connectivity index (χ4v) is 6.26. The van der Waals surface area contributed by atoms with Crippen molar-refractivity contribution < 1.29 is 13.2 Å². The van der Waals surface area contributed by atoms with E-state index in [0.29, 0.717) is 26.6 Å². The van der Waals surface area contributed by atoms with Crippen molar-refractivity contribution in [3.8, 4) is 0 Å². The summed E-state index contributed by atoms with van der Waals surface area (Å²) in [6.07, 6.45) is 0. The van der Waals surface area contributed by atoms with E-state index in [1.54, 1.807) is 0 Å². The van der Waals surface area contributed by atoms with E-state index in [0.717, 1.165) is 17.1 Å². The molecule has 0 atom stereocenters. The highest BCUT2D eigenvalue weighted by atomic mass is 35.5. The Labute approximate surface area is 194 Å². The molecule has 0 unspecified atom stereocenters. The summed E-state index contributed by atoms with van der Waals surface area (Å²) in [6, 6.07) is 4.39. The monoisotopic (exact) mass is 524 g/mol. The fourth-order valence-electron chi connectivity index (χ4n) is 1.91. The highest BCUT2D eigenvalue weighted by molar-refractivity contribution is 8.01. The number of hydrogen-bond donors (Lipinski definition) is 2. The van der Waals surface area contributed by atoms with Crippen LogP contribution in [0.5, 0.6) is 0 Å².